The zero-order valence-electron chi connectivity index (χ0n) is 17.7. The fourth-order valence-corrected chi connectivity index (χ4v) is 4.66. The van der Waals surface area contributed by atoms with E-state index in [0.717, 1.165) is 36.1 Å². The molecule has 2 aromatic carbocycles. The molecule has 31 heavy (non-hydrogen) atoms. The molecule has 4 nitrogen and oxygen atoms in total. The van der Waals surface area contributed by atoms with Gasteiger partial charge in [-0.3, -0.25) is 9.59 Å². The van der Waals surface area contributed by atoms with Gasteiger partial charge >= 0.3 is 0 Å². The largest absolute Gasteiger partial charge is 0.352 e. The number of nitrogens with one attached hydrogen (secondary N) is 1. The Balaban J connectivity index is 1.64. The van der Waals surface area contributed by atoms with Crippen molar-refractivity contribution in [3.8, 4) is 0 Å². The fourth-order valence-electron chi connectivity index (χ4n) is 3.69. The maximum Gasteiger partial charge on any atom is 0.242 e. The lowest BCUT2D eigenvalue weighted by molar-refractivity contribution is -0.140. The Kier molecular flexibility index (Phi) is 8.79. The minimum atomic E-state index is -0.598. The predicted octanol–water partition coefficient (Wildman–Crippen LogP) is 5.44. The zero-order chi connectivity index (χ0) is 22.2. The minimum Gasteiger partial charge on any atom is -0.352 e. The van der Waals surface area contributed by atoms with Crippen molar-refractivity contribution >= 4 is 35.2 Å². The van der Waals surface area contributed by atoms with Crippen molar-refractivity contribution < 1.29 is 14.0 Å². The molecule has 0 radical (unpaired) electrons. The SMILES string of the molecule is CC(C(=O)NC1CCCC1)N(Cc1ccc(F)cc1)C(=O)CCSc1ccc(Cl)cc1. The summed E-state index contributed by atoms with van der Waals surface area (Å²) in [6.07, 6.45) is 4.53. The number of halogens is 2. The lowest BCUT2D eigenvalue weighted by atomic mass is 10.1. The number of carbonyl (C=O) groups is 2. The van der Waals surface area contributed by atoms with Crippen molar-refractivity contribution in [3.63, 3.8) is 0 Å². The molecule has 1 unspecified atom stereocenters. The standard InChI is InChI=1S/C24H28ClFN2O2S/c1-17(24(30)27-21-4-2-3-5-21)28(16-18-6-10-20(26)11-7-18)23(29)14-15-31-22-12-8-19(25)9-13-22/h6-13,17,21H,2-5,14-16H2,1H3,(H,27,30). The van der Waals surface area contributed by atoms with Crippen molar-refractivity contribution in [2.75, 3.05) is 5.75 Å². The highest BCUT2D eigenvalue weighted by Crippen LogP contribution is 2.22. The number of amides is 2. The second-order valence-electron chi connectivity index (χ2n) is 7.87. The van der Waals surface area contributed by atoms with E-state index in [0.29, 0.717) is 17.2 Å². The average Bonchev–Trinajstić information content (AvgIpc) is 3.27. The van der Waals surface area contributed by atoms with Crippen LogP contribution in [0.4, 0.5) is 4.39 Å². The van der Waals surface area contributed by atoms with Crippen LogP contribution >= 0.6 is 23.4 Å². The van der Waals surface area contributed by atoms with Crippen LogP contribution in [-0.4, -0.2) is 34.6 Å². The van der Waals surface area contributed by atoms with Crippen LogP contribution in [0, 0.1) is 5.82 Å². The molecule has 3 rings (SSSR count). The smallest absolute Gasteiger partial charge is 0.242 e. The summed E-state index contributed by atoms with van der Waals surface area (Å²) >= 11 is 7.49. The minimum absolute atomic E-state index is 0.0974. The molecule has 1 aliphatic carbocycles. The third-order valence-corrected chi connectivity index (χ3v) is 6.80. The van der Waals surface area contributed by atoms with Crippen LogP contribution < -0.4 is 5.32 Å². The highest BCUT2D eigenvalue weighted by Gasteiger charge is 2.28. The monoisotopic (exact) mass is 462 g/mol. The summed E-state index contributed by atoms with van der Waals surface area (Å²) in [7, 11) is 0. The van der Waals surface area contributed by atoms with Gasteiger partial charge in [0.15, 0.2) is 0 Å². The van der Waals surface area contributed by atoms with Gasteiger partial charge in [-0.1, -0.05) is 36.6 Å². The van der Waals surface area contributed by atoms with Crippen LogP contribution in [0.5, 0.6) is 0 Å². The van der Waals surface area contributed by atoms with Crippen molar-refractivity contribution in [3.05, 3.63) is 64.9 Å². The second-order valence-corrected chi connectivity index (χ2v) is 9.47. The van der Waals surface area contributed by atoms with E-state index in [2.05, 4.69) is 5.32 Å². The molecular formula is C24H28ClFN2O2S. The van der Waals surface area contributed by atoms with E-state index in [-0.39, 0.29) is 30.2 Å². The summed E-state index contributed by atoms with van der Waals surface area (Å²) in [5.74, 6) is 0.0396. The average molecular weight is 463 g/mol. The maximum absolute atomic E-state index is 13.3. The quantitative estimate of drug-likeness (QED) is 0.505. The van der Waals surface area contributed by atoms with E-state index in [1.54, 1.807) is 35.7 Å². The predicted molar refractivity (Wildman–Crippen MR) is 124 cm³/mol. The van der Waals surface area contributed by atoms with Crippen LogP contribution in [0.25, 0.3) is 0 Å². The summed E-state index contributed by atoms with van der Waals surface area (Å²) < 4.78 is 13.3. The van der Waals surface area contributed by atoms with Gasteiger partial charge in [-0.05, 0) is 61.7 Å². The van der Waals surface area contributed by atoms with Crippen LogP contribution in [0.1, 0.15) is 44.6 Å². The van der Waals surface area contributed by atoms with E-state index in [9.17, 15) is 14.0 Å². The molecule has 166 valence electrons. The van der Waals surface area contributed by atoms with Gasteiger partial charge in [-0.15, -0.1) is 11.8 Å². The number of carbonyl (C=O) groups excluding carboxylic acids is 2. The lowest BCUT2D eigenvalue weighted by Gasteiger charge is -2.30. The van der Waals surface area contributed by atoms with Gasteiger partial charge < -0.3 is 10.2 Å². The third kappa shape index (κ3) is 7.25. The molecule has 1 atom stereocenters. The third-order valence-electron chi connectivity index (χ3n) is 5.53. The molecule has 1 saturated carbocycles. The first kappa shape index (κ1) is 23.6. The second kappa shape index (κ2) is 11.5. The van der Waals surface area contributed by atoms with Crippen LogP contribution in [0.2, 0.25) is 5.02 Å². The van der Waals surface area contributed by atoms with Gasteiger partial charge in [-0.25, -0.2) is 4.39 Å². The molecule has 0 aromatic heterocycles. The summed E-state index contributed by atoms with van der Waals surface area (Å²) in [6.45, 7) is 2.03. The molecule has 7 heteroatoms. The Morgan fingerprint density at radius 3 is 2.42 bits per heavy atom. The Morgan fingerprint density at radius 2 is 1.77 bits per heavy atom. The van der Waals surface area contributed by atoms with Gasteiger partial charge in [0.25, 0.3) is 0 Å². The summed E-state index contributed by atoms with van der Waals surface area (Å²) in [5.41, 5.74) is 0.792. The normalized spacial score (nSPS) is 14.9. The number of benzene rings is 2. The first-order chi connectivity index (χ1) is 14.9. The Labute approximate surface area is 192 Å². The van der Waals surface area contributed by atoms with E-state index in [4.69, 9.17) is 11.6 Å². The van der Waals surface area contributed by atoms with Crippen molar-refractivity contribution in [2.45, 2.75) is 62.6 Å². The molecule has 0 spiro atoms. The highest BCUT2D eigenvalue weighted by atomic mass is 35.5. The summed E-state index contributed by atoms with van der Waals surface area (Å²) in [4.78, 5) is 28.5. The van der Waals surface area contributed by atoms with Gasteiger partial charge in [0.1, 0.15) is 11.9 Å². The van der Waals surface area contributed by atoms with E-state index < -0.39 is 6.04 Å². The molecular weight excluding hydrogens is 435 g/mol. The van der Waals surface area contributed by atoms with Crippen molar-refractivity contribution in [1.82, 2.24) is 10.2 Å². The number of thioether (sulfide) groups is 1. The summed E-state index contributed by atoms with van der Waals surface area (Å²) in [5, 5.41) is 3.76. The molecule has 1 fully saturated rings. The molecule has 0 aliphatic heterocycles. The number of hydrogen-bond acceptors (Lipinski definition) is 3. The van der Waals surface area contributed by atoms with Gasteiger partial charge in [0.2, 0.25) is 11.8 Å². The lowest BCUT2D eigenvalue weighted by Crippen LogP contribution is -2.49. The molecule has 0 bridgehead atoms. The Hall–Kier alpha value is -2.05. The number of nitrogens with zero attached hydrogens (tertiary/aromatic N) is 1. The van der Waals surface area contributed by atoms with Crippen LogP contribution in [-0.2, 0) is 16.1 Å². The highest BCUT2D eigenvalue weighted by molar-refractivity contribution is 7.99. The first-order valence-electron chi connectivity index (χ1n) is 10.6. The van der Waals surface area contributed by atoms with Gasteiger partial charge in [0, 0.05) is 34.7 Å². The molecule has 1 N–H and O–H groups in total. The summed E-state index contributed by atoms with van der Waals surface area (Å²) in [6, 6.07) is 13.1. The van der Waals surface area contributed by atoms with Crippen molar-refractivity contribution in [1.29, 1.82) is 0 Å². The van der Waals surface area contributed by atoms with Crippen molar-refractivity contribution in [2.24, 2.45) is 0 Å². The van der Waals surface area contributed by atoms with Crippen LogP contribution in [0.15, 0.2) is 53.4 Å². The van der Waals surface area contributed by atoms with Gasteiger partial charge in [-0.2, -0.15) is 0 Å². The van der Waals surface area contributed by atoms with Gasteiger partial charge in [0.05, 0.1) is 0 Å². The molecule has 0 saturated heterocycles. The fraction of sp³-hybridized carbons (Fsp3) is 0.417. The maximum atomic E-state index is 13.3. The van der Waals surface area contributed by atoms with E-state index in [1.807, 2.05) is 24.3 Å². The Bertz CT molecular complexity index is 870. The van der Waals surface area contributed by atoms with Crippen LogP contribution in [0.3, 0.4) is 0 Å². The number of hydrogen-bond donors (Lipinski definition) is 1. The Morgan fingerprint density at radius 1 is 1.13 bits per heavy atom. The van der Waals surface area contributed by atoms with E-state index in [1.165, 1.54) is 12.1 Å². The molecule has 0 heterocycles. The van der Waals surface area contributed by atoms with E-state index >= 15 is 0 Å². The topological polar surface area (TPSA) is 49.4 Å². The first-order valence-corrected chi connectivity index (χ1v) is 12.0. The molecule has 2 amide bonds. The number of rotatable bonds is 9. The molecule has 2 aromatic rings. The molecule has 1 aliphatic rings. The zero-order valence-corrected chi connectivity index (χ0v) is 19.2.